The van der Waals surface area contributed by atoms with Gasteiger partial charge in [0.1, 0.15) is 10.3 Å². The third-order valence-corrected chi connectivity index (χ3v) is 8.67. The monoisotopic (exact) mass is 339 g/mol. The average Bonchev–Trinajstić information content (AvgIpc) is 2.86. The zero-order valence-corrected chi connectivity index (χ0v) is 13.7. The average molecular weight is 339 g/mol. The van der Waals surface area contributed by atoms with Crippen molar-refractivity contribution >= 4 is 31.6 Å². The molecule has 2 rings (SSSR count). The summed E-state index contributed by atoms with van der Waals surface area (Å²) in [7, 11) is -7.31. The molecule has 0 bridgehead atoms. The standard InChI is InChI=1S/C10H17N3O4S3/c1-3-19(14,15)10-7-18-5-4-13(10)20(16,17)9-6-11-12-8(9)2/h6,10H,3-5,7H2,1-2H3,(H,11,12). The molecule has 0 radical (unpaired) electrons. The summed E-state index contributed by atoms with van der Waals surface area (Å²) in [5, 5.41) is 5.28. The minimum Gasteiger partial charge on any atom is -0.281 e. The fraction of sp³-hybridized carbons (Fsp3) is 0.700. The van der Waals surface area contributed by atoms with Gasteiger partial charge in [-0.05, 0) is 6.92 Å². The molecule has 1 aliphatic rings. The van der Waals surface area contributed by atoms with Gasteiger partial charge in [-0.25, -0.2) is 16.8 Å². The summed E-state index contributed by atoms with van der Waals surface area (Å²) in [6, 6.07) is 0. The van der Waals surface area contributed by atoms with Crippen LogP contribution < -0.4 is 0 Å². The second-order valence-electron chi connectivity index (χ2n) is 4.46. The van der Waals surface area contributed by atoms with Crippen molar-refractivity contribution in [2.24, 2.45) is 0 Å². The Morgan fingerprint density at radius 3 is 2.70 bits per heavy atom. The molecule has 0 amide bonds. The van der Waals surface area contributed by atoms with Crippen molar-refractivity contribution in [3.8, 4) is 0 Å². The summed E-state index contributed by atoms with van der Waals surface area (Å²) in [4.78, 5) is 0.0423. The molecule has 1 unspecified atom stereocenters. The van der Waals surface area contributed by atoms with Crippen LogP contribution in [0.1, 0.15) is 12.6 Å². The van der Waals surface area contributed by atoms with Crippen molar-refractivity contribution < 1.29 is 16.8 Å². The van der Waals surface area contributed by atoms with Crippen LogP contribution in [0, 0.1) is 6.92 Å². The first kappa shape index (κ1) is 15.8. The molecule has 10 heteroatoms. The quantitative estimate of drug-likeness (QED) is 0.842. The molecule has 2 heterocycles. The maximum atomic E-state index is 12.6. The van der Waals surface area contributed by atoms with Crippen molar-refractivity contribution in [2.75, 3.05) is 23.8 Å². The van der Waals surface area contributed by atoms with Crippen LogP contribution in [0.5, 0.6) is 0 Å². The highest BCUT2D eigenvalue weighted by Gasteiger charge is 2.41. The smallest absolute Gasteiger partial charge is 0.247 e. The molecule has 1 aromatic heterocycles. The highest BCUT2D eigenvalue weighted by molar-refractivity contribution is 8.01. The summed E-state index contributed by atoms with van der Waals surface area (Å²) in [6.07, 6.45) is 1.22. The van der Waals surface area contributed by atoms with E-state index < -0.39 is 25.2 Å². The molecule has 0 aromatic carbocycles. The van der Waals surface area contributed by atoms with Gasteiger partial charge in [0, 0.05) is 23.8 Å². The molecule has 1 aromatic rings. The van der Waals surface area contributed by atoms with Gasteiger partial charge in [-0.15, -0.1) is 0 Å². The van der Waals surface area contributed by atoms with E-state index in [4.69, 9.17) is 0 Å². The molecule has 7 nitrogen and oxygen atoms in total. The normalized spacial score (nSPS) is 22.0. The predicted molar refractivity (Wildman–Crippen MR) is 77.8 cm³/mol. The summed E-state index contributed by atoms with van der Waals surface area (Å²) < 4.78 is 50.6. The van der Waals surface area contributed by atoms with Gasteiger partial charge in [0.15, 0.2) is 9.84 Å². The van der Waals surface area contributed by atoms with Crippen molar-refractivity contribution in [2.45, 2.75) is 24.1 Å². The first-order chi connectivity index (χ1) is 9.30. The van der Waals surface area contributed by atoms with Crippen LogP contribution >= 0.6 is 11.8 Å². The number of hydrogen-bond acceptors (Lipinski definition) is 6. The lowest BCUT2D eigenvalue weighted by Gasteiger charge is -2.33. The molecule has 1 fully saturated rings. The lowest BCUT2D eigenvalue weighted by atomic mass is 10.5. The van der Waals surface area contributed by atoms with E-state index in [1.807, 2.05) is 0 Å². The van der Waals surface area contributed by atoms with Gasteiger partial charge in [0.25, 0.3) is 0 Å². The van der Waals surface area contributed by atoms with Crippen LogP contribution in [0.15, 0.2) is 11.1 Å². The Hall–Kier alpha value is -0.580. The predicted octanol–water partition coefficient (Wildman–Crippen LogP) is 0.216. The van der Waals surface area contributed by atoms with Gasteiger partial charge >= 0.3 is 0 Å². The molecule has 0 spiro atoms. The van der Waals surface area contributed by atoms with E-state index in [-0.39, 0.29) is 22.9 Å². The Kier molecular flexibility index (Phi) is 4.47. The molecule has 20 heavy (non-hydrogen) atoms. The summed E-state index contributed by atoms with van der Waals surface area (Å²) in [5.41, 5.74) is 0.413. The van der Waals surface area contributed by atoms with Gasteiger partial charge in [0.05, 0.1) is 11.9 Å². The number of hydrogen-bond donors (Lipinski definition) is 1. The minimum absolute atomic E-state index is 0.0423. The molecule has 1 aliphatic heterocycles. The van der Waals surface area contributed by atoms with E-state index in [1.54, 1.807) is 6.92 Å². The molecular formula is C10H17N3O4S3. The van der Waals surface area contributed by atoms with Gasteiger partial charge in [-0.3, -0.25) is 5.10 Å². The summed E-state index contributed by atoms with van der Waals surface area (Å²) >= 11 is 1.46. The maximum absolute atomic E-state index is 12.6. The Labute approximate surface area is 123 Å². The number of aromatic nitrogens is 2. The lowest BCUT2D eigenvalue weighted by molar-refractivity contribution is 0.403. The van der Waals surface area contributed by atoms with Gasteiger partial charge in [-0.1, -0.05) is 6.92 Å². The molecule has 1 atom stereocenters. The molecule has 114 valence electrons. The van der Waals surface area contributed by atoms with Crippen LogP contribution in [-0.2, 0) is 19.9 Å². The van der Waals surface area contributed by atoms with Crippen molar-refractivity contribution in [1.82, 2.24) is 14.5 Å². The highest BCUT2D eigenvalue weighted by atomic mass is 32.2. The van der Waals surface area contributed by atoms with Crippen LogP contribution in [0.3, 0.4) is 0 Å². The van der Waals surface area contributed by atoms with E-state index in [0.717, 1.165) is 4.31 Å². The van der Waals surface area contributed by atoms with Crippen LogP contribution in [0.4, 0.5) is 0 Å². The van der Waals surface area contributed by atoms with Crippen molar-refractivity contribution in [3.05, 3.63) is 11.9 Å². The molecule has 0 aliphatic carbocycles. The molecule has 1 saturated heterocycles. The Balaban J connectivity index is 2.46. The number of nitrogens with one attached hydrogen (secondary N) is 1. The number of aryl methyl sites for hydroxylation is 1. The topological polar surface area (TPSA) is 100 Å². The fourth-order valence-corrected chi connectivity index (χ4v) is 7.41. The fourth-order valence-electron chi connectivity index (χ4n) is 2.04. The number of nitrogens with zero attached hydrogens (tertiary/aromatic N) is 2. The SMILES string of the molecule is CCS(=O)(=O)C1CSCCN1S(=O)(=O)c1cn[nH]c1C. The van der Waals surface area contributed by atoms with Crippen LogP contribution in [0.2, 0.25) is 0 Å². The largest absolute Gasteiger partial charge is 0.281 e. The van der Waals surface area contributed by atoms with E-state index in [0.29, 0.717) is 11.4 Å². The number of sulfone groups is 1. The second-order valence-corrected chi connectivity index (χ2v) is 9.91. The summed E-state index contributed by atoms with van der Waals surface area (Å²) in [5.74, 6) is 0.785. The Morgan fingerprint density at radius 1 is 1.45 bits per heavy atom. The third-order valence-electron chi connectivity index (χ3n) is 3.22. The molecular weight excluding hydrogens is 322 g/mol. The van der Waals surface area contributed by atoms with Gasteiger partial charge in [0.2, 0.25) is 10.0 Å². The Bertz CT molecular complexity index is 680. The van der Waals surface area contributed by atoms with Crippen molar-refractivity contribution in [1.29, 1.82) is 0 Å². The van der Waals surface area contributed by atoms with Crippen molar-refractivity contribution in [3.63, 3.8) is 0 Å². The highest BCUT2D eigenvalue weighted by Crippen LogP contribution is 2.28. The van der Waals surface area contributed by atoms with Gasteiger partial charge in [-0.2, -0.15) is 21.2 Å². The second kappa shape index (κ2) is 5.66. The number of thioether (sulfide) groups is 1. The lowest BCUT2D eigenvalue weighted by Crippen LogP contribution is -2.50. The Morgan fingerprint density at radius 2 is 2.15 bits per heavy atom. The zero-order chi connectivity index (χ0) is 15.0. The van der Waals surface area contributed by atoms with E-state index >= 15 is 0 Å². The first-order valence-electron chi connectivity index (χ1n) is 6.12. The maximum Gasteiger partial charge on any atom is 0.247 e. The number of aromatic amines is 1. The van der Waals surface area contributed by atoms with Crippen LogP contribution in [-0.4, -0.2) is 60.5 Å². The number of rotatable bonds is 4. The van der Waals surface area contributed by atoms with E-state index in [9.17, 15) is 16.8 Å². The number of sulfonamides is 1. The third kappa shape index (κ3) is 2.74. The zero-order valence-electron chi connectivity index (χ0n) is 11.2. The summed E-state index contributed by atoms with van der Waals surface area (Å²) in [6.45, 7) is 3.33. The van der Waals surface area contributed by atoms with Gasteiger partial charge < -0.3 is 0 Å². The van der Waals surface area contributed by atoms with E-state index in [1.165, 1.54) is 24.9 Å². The first-order valence-corrected chi connectivity index (χ1v) is 10.4. The molecule has 1 N–H and O–H groups in total. The minimum atomic E-state index is -3.84. The number of H-pyrrole nitrogens is 1. The molecule has 0 saturated carbocycles. The van der Waals surface area contributed by atoms with Crippen LogP contribution in [0.25, 0.3) is 0 Å². The van der Waals surface area contributed by atoms with E-state index in [2.05, 4.69) is 10.2 Å².